The average molecular weight is 293 g/mol. The van der Waals surface area contributed by atoms with E-state index in [0.29, 0.717) is 17.9 Å². The molecule has 22 heavy (non-hydrogen) atoms. The first kappa shape index (κ1) is 14.0. The van der Waals surface area contributed by atoms with Gasteiger partial charge in [-0.25, -0.2) is 14.8 Å². The molecular formula is C17H15N3O2. The van der Waals surface area contributed by atoms with Gasteiger partial charge in [-0.3, -0.25) is 0 Å². The van der Waals surface area contributed by atoms with Crippen LogP contribution in [0.2, 0.25) is 0 Å². The lowest BCUT2D eigenvalue weighted by Gasteiger charge is -1.97. The topological polar surface area (TPSA) is 67.9 Å². The quantitative estimate of drug-likeness (QED) is 0.749. The second-order valence-electron chi connectivity index (χ2n) is 4.69. The second kappa shape index (κ2) is 6.22. The normalized spacial score (nSPS) is 11.1. The van der Waals surface area contributed by atoms with Gasteiger partial charge < -0.3 is 9.72 Å². The van der Waals surface area contributed by atoms with E-state index in [4.69, 9.17) is 4.74 Å². The molecule has 0 saturated carbocycles. The molecule has 3 aromatic rings. The van der Waals surface area contributed by atoms with Crippen molar-refractivity contribution >= 4 is 29.2 Å². The van der Waals surface area contributed by atoms with E-state index in [0.717, 1.165) is 16.6 Å². The van der Waals surface area contributed by atoms with Crippen molar-refractivity contribution in [1.82, 2.24) is 15.0 Å². The third-order valence-corrected chi connectivity index (χ3v) is 3.13. The van der Waals surface area contributed by atoms with Crippen LogP contribution in [0.15, 0.2) is 42.7 Å². The van der Waals surface area contributed by atoms with E-state index in [9.17, 15) is 4.79 Å². The van der Waals surface area contributed by atoms with Crippen LogP contribution in [0, 0.1) is 0 Å². The van der Waals surface area contributed by atoms with Gasteiger partial charge in [0.05, 0.1) is 12.3 Å². The largest absolute Gasteiger partial charge is 0.461 e. The molecule has 3 rings (SSSR count). The number of rotatable bonds is 4. The predicted molar refractivity (Wildman–Crippen MR) is 85.2 cm³/mol. The lowest BCUT2D eigenvalue weighted by Crippen LogP contribution is -2.04. The molecule has 0 aliphatic rings. The summed E-state index contributed by atoms with van der Waals surface area (Å²) in [6, 6.07) is 9.51. The summed E-state index contributed by atoms with van der Waals surface area (Å²) in [6.45, 7) is 2.14. The van der Waals surface area contributed by atoms with Gasteiger partial charge in [-0.05, 0) is 48.9 Å². The Morgan fingerprint density at radius 2 is 2.23 bits per heavy atom. The van der Waals surface area contributed by atoms with Gasteiger partial charge in [0.15, 0.2) is 5.65 Å². The minimum atomic E-state index is -0.352. The Bertz CT molecular complexity index is 837. The van der Waals surface area contributed by atoms with E-state index >= 15 is 0 Å². The van der Waals surface area contributed by atoms with Crippen LogP contribution < -0.4 is 0 Å². The molecule has 0 saturated heterocycles. The molecule has 5 heteroatoms. The number of nitrogens with one attached hydrogen (secondary N) is 1. The monoisotopic (exact) mass is 293 g/mol. The molecule has 0 aliphatic heterocycles. The second-order valence-corrected chi connectivity index (χ2v) is 4.69. The maximum absolute atomic E-state index is 11.6. The molecule has 110 valence electrons. The Kier molecular flexibility index (Phi) is 3.96. The highest BCUT2D eigenvalue weighted by atomic mass is 16.5. The molecule has 0 radical (unpaired) electrons. The zero-order valence-corrected chi connectivity index (χ0v) is 12.1. The molecule has 1 N–H and O–H groups in total. The van der Waals surface area contributed by atoms with E-state index in [1.807, 2.05) is 36.4 Å². The molecule has 3 heterocycles. The van der Waals surface area contributed by atoms with E-state index in [1.54, 1.807) is 25.4 Å². The van der Waals surface area contributed by atoms with Gasteiger partial charge in [-0.1, -0.05) is 6.08 Å². The van der Waals surface area contributed by atoms with Crippen molar-refractivity contribution in [3.05, 3.63) is 59.7 Å². The van der Waals surface area contributed by atoms with E-state index in [1.165, 1.54) is 0 Å². The Labute approximate surface area is 127 Å². The van der Waals surface area contributed by atoms with E-state index < -0.39 is 0 Å². The summed E-state index contributed by atoms with van der Waals surface area (Å²) in [6.07, 6.45) is 7.24. The molecule has 0 unspecified atom stereocenters. The fourth-order valence-electron chi connectivity index (χ4n) is 2.08. The molecule has 0 spiro atoms. The number of fused-ring (bicyclic) bond motifs is 1. The van der Waals surface area contributed by atoms with E-state index in [2.05, 4.69) is 15.0 Å². The third kappa shape index (κ3) is 3.03. The van der Waals surface area contributed by atoms with Crippen LogP contribution in [0.3, 0.4) is 0 Å². The summed E-state index contributed by atoms with van der Waals surface area (Å²) < 4.78 is 4.94. The van der Waals surface area contributed by atoms with Gasteiger partial charge in [-0.15, -0.1) is 0 Å². The number of carbonyl (C=O) groups excluding carboxylic acids is 1. The fraction of sp³-hybridized carbons (Fsp3) is 0.118. The molecule has 0 amide bonds. The van der Waals surface area contributed by atoms with E-state index in [-0.39, 0.29) is 5.97 Å². The van der Waals surface area contributed by atoms with Gasteiger partial charge >= 0.3 is 5.97 Å². The number of hydrogen-bond acceptors (Lipinski definition) is 4. The summed E-state index contributed by atoms with van der Waals surface area (Å²) in [5.41, 5.74) is 2.84. The molecule has 0 fully saturated rings. The molecule has 0 atom stereocenters. The third-order valence-electron chi connectivity index (χ3n) is 3.13. The van der Waals surface area contributed by atoms with Gasteiger partial charge in [-0.2, -0.15) is 0 Å². The number of aromatic nitrogens is 3. The van der Waals surface area contributed by atoms with Crippen molar-refractivity contribution in [2.45, 2.75) is 6.92 Å². The van der Waals surface area contributed by atoms with Gasteiger partial charge in [0, 0.05) is 17.8 Å². The number of H-pyrrole nitrogens is 1. The highest BCUT2D eigenvalue weighted by Crippen LogP contribution is 2.13. The maximum atomic E-state index is 11.6. The molecular weight excluding hydrogens is 278 g/mol. The highest BCUT2D eigenvalue weighted by Gasteiger charge is 2.07. The highest BCUT2D eigenvalue weighted by molar-refractivity contribution is 5.88. The molecule has 0 aliphatic carbocycles. The first-order valence-corrected chi connectivity index (χ1v) is 7.01. The van der Waals surface area contributed by atoms with Crippen molar-refractivity contribution < 1.29 is 9.53 Å². The lowest BCUT2D eigenvalue weighted by molar-refractivity contribution is 0.0520. The average Bonchev–Trinajstić information content (AvgIpc) is 3.02. The zero-order chi connectivity index (χ0) is 15.4. The molecule has 0 bridgehead atoms. The number of nitrogens with zero attached hydrogens (tertiary/aromatic N) is 2. The van der Waals surface area contributed by atoms with Gasteiger partial charge in [0.2, 0.25) is 0 Å². The first-order chi connectivity index (χ1) is 10.8. The number of pyridine rings is 2. The van der Waals surface area contributed by atoms with Crippen LogP contribution in [0.4, 0.5) is 0 Å². The smallest absolute Gasteiger partial charge is 0.354 e. The van der Waals surface area contributed by atoms with Crippen molar-refractivity contribution in [2.24, 2.45) is 0 Å². The maximum Gasteiger partial charge on any atom is 0.354 e. The van der Waals surface area contributed by atoms with Gasteiger partial charge in [0.1, 0.15) is 5.69 Å². The number of esters is 1. The van der Waals surface area contributed by atoms with Crippen LogP contribution >= 0.6 is 0 Å². The lowest BCUT2D eigenvalue weighted by atomic mass is 10.2. The molecule has 0 aromatic carbocycles. The number of hydrogen-bond donors (Lipinski definition) is 1. The van der Waals surface area contributed by atoms with Crippen LogP contribution in [-0.2, 0) is 4.74 Å². The minimum Gasteiger partial charge on any atom is -0.461 e. The summed E-state index contributed by atoms with van der Waals surface area (Å²) in [4.78, 5) is 23.2. The predicted octanol–water partition coefficient (Wildman–Crippen LogP) is 3.31. The Hall–Kier alpha value is -2.95. The standard InChI is InChI=1S/C17H15N3O2/c1-2-22-17(21)15-10-12(11-19-15)5-7-14-8-6-13-4-3-9-18-16(13)20-14/h3-11,19H,2H2,1H3/b7-5+. The van der Waals surface area contributed by atoms with Gasteiger partial charge in [0.25, 0.3) is 0 Å². The summed E-state index contributed by atoms with van der Waals surface area (Å²) in [7, 11) is 0. The van der Waals surface area contributed by atoms with Crippen LogP contribution in [-0.4, -0.2) is 27.5 Å². The van der Waals surface area contributed by atoms with Crippen molar-refractivity contribution in [3.8, 4) is 0 Å². The number of aromatic amines is 1. The Morgan fingerprint density at radius 3 is 3.09 bits per heavy atom. The molecule has 5 nitrogen and oxygen atoms in total. The van der Waals surface area contributed by atoms with Crippen LogP contribution in [0.25, 0.3) is 23.2 Å². The summed E-state index contributed by atoms with van der Waals surface area (Å²) in [5.74, 6) is -0.352. The van der Waals surface area contributed by atoms with Crippen molar-refractivity contribution in [2.75, 3.05) is 6.61 Å². The molecule has 3 aromatic heterocycles. The zero-order valence-electron chi connectivity index (χ0n) is 12.1. The summed E-state index contributed by atoms with van der Waals surface area (Å²) in [5, 5.41) is 1.01. The van der Waals surface area contributed by atoms with Crippen LogP contribution in [0.5, 0.6) is 0 Å². The number of ether oxygens (including phenoxy) is 1. The fourth-order valence-corrected chi connectivity index (χ4v) is 2.08. The Morgan fingerprint density at radius 1 is 1.32 bits per heavy atom. The number of carbonyl (C=O) groups is 1. The SMILES string of the molecule is CCOC(=O)c1cc(/C=C/c2ccc3cccnc3n2)c[nH]1. The first-order valence-electron chi connectivity index (χ1n) is 7.01. The minimum absolute atomic E-state index is 0.352. The van der Waals surface area contributed by atoms with Crippen molar-refractivity contribution in [1.29, 1.82) is 0 Å². The van der Waals surface area contributed by atoms with Crippen LogP contribution in [0.1, 0.15) is 28.7 Å². The Balaban J connectivity index is 1.79. The van der Waals surface area contributed by atoms with Crippen molar-refractivity contribution in [3.63, 3.8) is 0 Å². The summed E-state index contributed by atoms with van der Waals surface area (Å²) >= 11 is 0.